The predicted octanol–water partition coefficient (Wildman–Crippen LogP) is 5.28. The summed E-state index contributed by atoms with van der Waals surface area (Å²) in [5.74, 6) is -12.8. The Kier molecular flexibility index (Phi) is 7.45. The van der Waals surface area contributed by atoms with Gasteiger partial charge in [-0.05, 0) is 12.3 Å². The lowest BCUT2D eigenvalue weighted by Crippen LogP contribution is -2.13. The Bertz CT molecular complexity index is 529. The molecule has 1 aromatic rings. The van der Waals surface area contributed by atoms with Crippen LogP contribution >= 0.6 is 0 Å². The Hall–Kier alpha value is -1.66. The summed E-state index contributed by atoms with van der Waals surface area (Å²) in [6.45, 7) is 4.20. The molecule has 0 unspecified atom stereocenters. The zero-order chi connectivity index (χ0) is 17.6. The fraction of sp³-hybridized carbons (Fsp3) is 0.562. The van der Waals surface area contributed by atoms with E-state index in [1.807, 2.05) is 0 Å². The van der Waals surface area contributed by atoms with Gasteiger partial charge in [-0.2, -0.15) is 8.78 Å². The third-order valence-electron chi connectivity index (χ3n) is 3.30. The first kappa shape index (κ1) is 19.4. The quantitative estimate of drug-likeness (QED) is 0.161. The van der Waals surface area contributed by atoms with Crippen LogP contribution in [0.1, 0.15) is 52.4 Å². The average molecular weight is 338 g/mol. The normalized spacial score (nSPS) is 11.1. The molecule has 2 nitrogen and oxygen atoms in total. The average Bonchev–Trinajstić information content (AvgIpc) is 2.50. The van der Waals surface area contributed by atoms with E-state index < -0.39 is 40.8 Å². The highest BCUT2D eigenvalue weighted by Gasteiger charge is 2.28. The van der Waals surface area contributed by atoms with Gasteiger partial charge < -0.3 is 4.74 Å². The van der Waals surface area contributed by atoms with Gasteiger partial charge in [-0.1, -0.05) is 39.5 Å². The van der Waals surface area contributed by atoms with Crippen LogP contribution in [-0.2, 0) is 4.79 Å². The maximum atomic E-state index is 13.3. The van der Waals surface area contributed by atoms with E-state index in [0.717, 1.165) is 25.7 Å². The number of carbonyl (C=O) groups excluding carboxylic acids is 1. The van der Waals surface area contributed by atoms with E-state index in [1.54, 1.807) is 0 Å². The number of esters is 1. The molecule has 0 aliphatic heterocycles. The number of halogens is 5. The highest BCUT2D eigenvalue weighted by atomic mass is 19.2. The molecule has 23 heavy (non-hydrogen) atoms. The molecule has 0 bridgehead atoms. The summed E-state index contributed by atoms with van der Waals surface area (Å²) in [5, 5.41) is 0. The zero-order valence-electron chi connectivity index (χ0n) is 13.0. The van der Waals surface area contributed by atoms with Gasteiger partial charge in [0.15, 0.2) is 0 Å². The number of rotatable bonds is 8. The first-order valence-corrected chi connectivity index (χ1v) is 7.47. The molecule has 0 amide bonds. The second-order valence-corrected chi connectivity index (χ2v) is 5.72. The molecule has 0 aliphatic carbocycles. The van der Waals surface area contributed by atoms with Crippen LogP contribution in [0, 0.1) is 35.0 Å². The summed E-state index contributed by atoms with van der Waals surface area (Å²) in [6.07, 6.45) is 3.96. The molecule has 0 spiro atoms. The van der Waals surface area contributed by atoms with Crippen molar-refractivity contribution < 1.29 is 31.5 Å². The molecule has 0 aromatic heterocycles. The molecule has 0 heterocycles. The lowest BCUT2D eigenvalue weighted by atomic mass is 10.0. The molecule has 0 fully saturated rings. The van der Waals surface area contributed by atoms with Gasteiger partial charge >= 0.3 is 5.97 Å². The van der Waals surface area contributed by atoms with E-state index in [9.17, 15) is 26.7 Å². The Balaban J connectivity index is 2.52. The van der Waals surface area contributed by atoms with Gasteiger partial charge in [-0.15, -0.1) is 0 Å². The largest absolute Gasteiger partial charge is 0.420 e. The van der Waals surface area contributed by atoms with Gasteiger partial charge in [0.2, 0.25) is 34.8 Å². The van der Waals surface area contributed by atoms with Gasteiger partial charge in [0, 0.05) is 6.42 Å². The zero-order valence-corrected chi connectivity index (χ0v) is 13.0. The second kappa shape index (κ2) is 8.84. The Morgan fingerprint density at radius 1 is 0.826 bits per heavy atom. The van der Waals surface area contributed by atoms with Crippen LogP contribution in [0.3, 0.4) is 0 Å². The summed E-state index contributed by atoms with van der Waals surface area (Å²) in [7, 11) is 0. The van der Waals surface area contributed by atoms with Gasteiger partial charge in [-0.3, -0.25) is 4.79 Å². The van der Waals surface area contributed by atoms with E-state index in [1.165, 1.54) is 0 Å². The minimum absolute atomic E-state index is 0.152. The van der Waals surface area contributed by atoms with E-state index in [2.05, 4.69) is 18.6 Å². The highest BCUT2D eigenvalue weighted by molar-refractivity contribution is 5.72. The van der Waals surface area contributed by atoms with Crippen molar-refractivity contribution in [2.75, 3.05) is 0 Å². The summed E-state index contributed by atoms with van der Waals surface area (Å²) in [5.41, 5.74) is 0. The van der Waals surface area contributed by atoms with Gasteiger partial charge in [0.05, 0.1) is 0 Å². The molecular weight excluding hydrogens is 319 g/mol. The van der Waals surface area contributed by atoms with Crippen molar-refractivity contribution >= 4 is 5.97 Å². The van der Waals surface area contributed by atoms with Crippen LogP contribution in [-0.4, -0.2) is 5.97 Å². The number of hydrogen-bond acceptors (Lipinski definition) is 2. The number of unbranched alkanes of at least 4 members (excludes halogenated alkanes) is 3. The number of ether oxygens (including phenoxy) is 1. The SMILES string of the molecule is CC(C)CCCCCCC(=O)Oc1c(F)c(F)c(F)c(F)c1F. The third kappa shape index (κ3) is 5.48. The predicted molar refractivity (Wildman–Crippen MR) is 74.4 cm³/mol. The van der Waals surface area contributed by atoms with Crippen molar-refractivity contribution in [3.8, 4) is 5.75 Å². The third-order valence-corrected chi connectivity index (χ3v) is 3.30. The van der Waals surface area contributed by atoms with Crippen molar-refractivity contribution in [1.82, 2.24) is 0 Å². The topological polar surface area (TPSA) is 26.3 Å². The van der Waals surface area contributed by atoms with E-state index in [0.29, 0.717) is 12.3 Å². The maximum absolute atomic E-state index is 13.3. The van der Waals surface area contributed by atoms with Gasteiger partial charge in [0.25, 0.3) is 0 Å². The lowest BCUT2D eigenvalue weighted by molar-refractivity contribution is -0.135. The fourth-order valence-corrected chi connectivity index (χ4v) is 2.01. The van der Waals surface area contributed by atoms with Crippen LogP contribution in [0.15, 0.2) is 0 Å². The highest BCUT2D eigenvalue weighted by Crippen LogP contribution is 2.29. The van der Waals surface area contributed by atoms with Crippen molar-refractivity contribution in [2.24, 2.45) is 5.92 Å². The first-order chi connectivity index (χ1) is 10.8. The molecule has 130 valence electrons. The number of hydrogen-bond donors (Lipinski definition) is 0. The molecule has 7 heteroatoms. The first-order valence-electron chi connectivity index (χ1n) is 7.47. The monoisotopic (exact) mass is 338 g/mol. The van der Waals surface area contributed by atoms with Crippen molar-refractivity contribution in [3.63, 3.8) is 0 Å². The number of carbonyl (C=O) groups is 1. The van der Waals surface area contributed by atoms with E-state index >= 15 is 0 Å². The van der Waals surface area contributed by atoms with Crippen LogP contribution in [0.4, 0.5) is 22.0 Å². The molecule has 1 rings (SSSR count). The van der Waals surface area contributed by atoms with Gasteiger partial charge in [0.1, 0.15) is 0 Å². The molecular formula is C16H19F5O2. The summed E-state index contributed by atoms with van der Waals surface area (Å²) < 4.78 is 69.7. The van der Waals surface area contributed by atoms with Gasteiger partial charge in [-0.25, -0.2) is 13.2 Å². The summed E-state index contributed by atoms with van der Waals surface area (Å²) >= 11 is 0. The fourth-order valence-electron chi connectivity index (χ4n) is 2.01. The van der Waals surface area contributed by atoms with Crippen LogP contribution in [0.2, 0.25) is 0 Å². The Labute approximate surface area is 131 Å². The standard InChI is InChI=1S/C16H19F5O2/c1-9(2)7-5-3-4-6-8-10(22)23-16-14(20)12(18)11(17)13(19)15(16)21/h9H,3-8H2,1-2H3. The Morgan fingerprint density at radius 2 is 1.30 bits per heavy atom. The van der Waals surface area contributed by atoms with E-state index in [4.69, 9.17) is 0 Å². The van der Waals surface area contributed by atoms with Crippen LogP contribution < -0.4 is 4.74 Å². The second-order valence-electron chi connectivity index (χ2n) is 5.72. The molecule has 0 saturated carbocycles. The lowest BCUT2D eigenvalue weighted by Gasteiger charge is -2.09. The maximum Gasteiger partial charge on any atom is 0.311 e. The molecule has 0 aliphatic rings. The van der Waals surface area contributed by atoms with E-state index in [-0.39, 0.29) is 6.42 Å². The number of benzene rings is 1. The van der Waals surface area contributed by atoms with Crippen LogP contribution in [0.5, 0.6) is 5.75 Å². The minimum atomic E-state index is -2.29. The smallest absolute Gasteiger partial charge is 0.311 e. The molecule has 0 N–H and O–H groups in total. The summed E-state index contributed by atoms with van der Waals surface area (Å²) in [4.78, 5) is 11.5. The molecule has 0 atom stereocenters. The minimum Gasteiger partial charge on any atom is -0.420 e. The van der Waals surface area contributed by atoms with Crippen molar-refractivity contribution in [2.45, 2.75) is 52.4 Å². The van der Waals surface area contributed by atoms with Crippen molar-refractivity contribution in [1.29, 1.82) is 0 Å². The molecule has 1 aromatic carbocycles. The summed E-state index contributed by atoms with van der Waals surface area (Å²) in [6, 6.07) is 0. The molecule has 0 saturated heterocycles. The molecule has 0 radical (unpaired) electrons. The Morgan fingerprint density at radius 3 is 1.83 bits per heavy atom. The van der Waals surface area contributed by atoms with Crippen molar-refractivity contribution in [3.05, 3.63) is 29.1 Å². The van der Waals surface area contributed by atoms with Crippen LogP contribution in [0.25, 0.3) is 0 Å².